The minimum absolute atomic E-state index is 0.326. The van der Waals surface area contributed by atoms with Crippen LogP contribution in [0, 0.1) is 12.7 Å². The van der Waals surface area contributed by atoms with E-state index in [-0.39, 0.29) is 0 Å². The van der Waals surface area contributed by atoms with Gasteiger partial charge < -0.3 is 14.3 Å². The Morgan fingerprint density at radius 1 is 1.14 bits per heavy atom. The van der Waals surface area contributed by atoms with Crippen LogP contribution in [-0.4, -0.2) is 13.4 Å². The summed E-state index contributed by atoms with van der Waals surface area (Å²) < 4.78 is 24.7. The molecule has 0 N–H and O–H groups in total. The first-order valence-electron chi connectivity index (χ1n) is 6.26. The molecule has 1 unspecified atom stereocenters. The van der Waals surface area contributed by atoms with E-state index in [1.54, 1.807) is 44.4 Å². The van der Waals surface area contributed by atoms with Gasteiger partial charge in [0.1, 0.15) is 29.4 Å². The molecule has 110 valence electrons. The van der Waals surface area contributed by atoms with Gasteiger partial charge in [-0.3, -0.25) is 0 Å². The van der Waals surface area contributed by atoms with Crippen LogP contribution in [0.2, 0.25) is 0 Å². The summed E-state index contributed by atoms with van der Waals surface area (Å²) in [7, 11) is 1.58. The zero-order valence-corrected chi connectivity index (χ0v) is 13.2. The van der Waals surface area contributed by atoms with Crippen molar-refractivity contribution in [1.29, 1.82) is 0 Å². The summed E-state index contributed by atoms with van der Waals surface area (Å²) in [6.45, 7) is 1.73. The van der Waals surface area contributed by atoms with Crippen LogP contribution in [0.4, 0.5) is 4.39 Å². The highest BCUT2D eigenvalue weighted by Crippen LogP contribution is 2.32. The van der Waals surface area contributed by atoms with Gasteiger partial charge in [-0.1, -0.05) is 15.9 Å². The number of rotatable bonds is 5. The first kappa shape index (κ1) is 15.5. The predicted octanol–water partition coefficient (Wildman–Crippen LogP) is 4.57. The normalized spacial score (nSPS) is 11.8. The maximum Gasteiger partial charge on any atom is 0.138 e. The number of halogens is 2. The number of hydrogen-bond acceptors (Lipinski definition) is 3. The van der Waals surface area contributed by atoms with Crippen LogP contribution in [0.5, 0.6) is 17.2 Å². The number of carbonyl (C=O) groups excluding carboxylic acids is 1. The average Bonchev–Trinajstić information content (AvgIpc) is 2.47. The minimum Gasteiger partial charge on any atom is -0.497 e. The number of benzene rings is 2. The third-order valence-electron chi connectivity index (χ3n) is 3.00. The molecule has 0 aromatic heterocycles. The summed E-state index contributed by atoms with van der Waals surface area (Å²) in [4.78, 5) is 10.1. The zero-order chi connectivity index (χ0) is 15.4. The summed E-state index contributed by atoms with van der Waals surface area (Å²) >= 11 is 3.13. The van der Waals surface area contributed by atoms with Gasteiger partial charge >= 0.3 is 0 Å². The summed E-state index contributed by atoms with van der Waals surface area (Å²) in [6, 6.07) is 9.95. The third kappa shape index (κ3) is 3.61. The number of ether oxygens (including phenoxy) is 2. The Labute approximate surface area is 130 Å². The van der Waals surface area contributed by atoms with Crippen molar-refractivity contribution in [1.82, 2.24) is 0 Å². The van der Waals surface area contributed by atoms with Gasteiger partial charge in [-0.2, -0.15) is 0 Å². The molecule has 5 heteroatoms. The van der Waals surface area contributed by atoms with E-state index in [2.05, 4.69) is 15.9 Å². The minimum atomic E-state index is -0.660. The Morgan fingerprint density at radius 3 is 2.29 bits per heavy atom. The lowest BCUT2D eigenvalue weighted by atomic mass is 10.1. The molecule has 1 atom stereocenters. The SMILES string of the molecule is COc1ccc(Oc2cc(C)c(C(Br)C=O)c(F)c2)cc1. The van der Waals surface area contributed by atoms with Gasteiger partial charge in [0.15, 0.2) is 0 Å². The number of methoxy groups -OCH3 is 1. The second kappa shape index (κ2) is 6.72. The van der Waals surface area contributed by atoms with Crippen LogP contribution < -0.4 is 9.47 Å². The third-order valence-corrected chi connectivity index (χ3v) is 3.67. The first-order chi connectivity index (χ1) is 10.0. The molecule has 2 aromatic rings. The van der Waals surface area contributed by atoms with Crippen LogP contribution in [0.3, 0.4) is 0 Å². The van der Waals surface area contributed by atoms with Gasteiger partial charge in [-0.05, 0) is 42.8 Å². The maximum absolute atomic E-state index is 14.1. The standard InChI is InChI=1S/C16H14BrFO3/c1-10-7-13(8-15(18)16(10)14(17)9-19)21-12-5-3-11(20-2)4-6-12/h3-9,14H,1-2H3. The van der Waals surface area contributed by atoms with Crippen molar-refractivity contribution in [3.8, 4) is 17.2 Å². The van der Waals surface area contributed by atoms with Crippen molar-refractivity contribution in [2.24, 2.45) is 0 Å². The van der Waals surface area contributed by atoms with E-state index in [0.29, 0.717) is 34.7 Å². The second-order valence-electron chi connectivity index (χ2n) is 4.45. The molecule has 0 aliphatic carbocycles. The Kier molecular flexibility index (Phi) is 4.96. The lowest BCUT2D eigenvalue weighted by Gasteiger charge is -2.12. The van der Waals surface area contributed by atoms with E-state index >= 15 is 0 Å². The molecule has 0 heterocycles. The summed E-state index contributed by atoms with van der Waals surface area (Å²) in [5, 5.41) is 0. The summed E-state index contributed by atoms with van der Waals surface area (Å²) in [5.74, 6) is 1.19. The quantitative estimate of drug-likeness (QED) is 0.584. The van der Waals surface area contributed by atoms with E-state index < -0.39 is 10.6 Å². The molecule has 2 aromatic carbocycles. The van der Waals surface area contributed by atoms with Gasteiger partial charge in [-0.15, -0.1) is 0 Å². The summed E-state index contributed by atoms with van der Waals surface area (Å²) in [6.07, 6.45) is 0.648. The van der Waals surface area contributed by atoms with E-state index in [9.17, 15) is 9.18 Å². The largest absolute Gasteiger partial charge is 0.497 e. The number of alkyl halides is 1. The molecule has 0 amide bonds. The fraction of sp³-hybridized carbons (Fsp3) is 0.188. The molecule has 0 aliphatic rings. The second-order valence-corrected chi connectivity index (χ2v) is 5.44. The van der Waals surface area contributed by atoms with Gasteiger partial charge in [-0.25, -0.2) is 4.39 Å². The highest BCUT2D eigenvalue weighted by molar-refractivity contribution is 9.09. The fourth-order valence-electron chi connectivity index (χ4n) is 1.98. The Morgan fingerprint density at radius 2 is 1.76 bits per heavy atom. The highest BCUT2D eigenvalue weighted by Gasteiger charge is 2.16. The van der Waals surface area contributed by atoms with Gasteiger partial charge in [0.25, 0.3) is 0 Å². The fourth-order valence-corrected chi connectivity index (χ4v) is 2.56. The van der Waals surface area contributed by atoms with Crippen LogP contribution in [0.1, 0.15) is 16.0 Å². The monoisotopic (exact) mass is 352 g/mol. The van der Waals surface area contributed by atoms with E-state index in [0.717, 1.165) is 0 Å². The lowest BCUT2D eigenvalue weighted by Crippen LogP contribution is -2.00. The van der Waals surface area contributed by atoms with Gasteiger partial charge in [0.2, 0.25) is 0 Å². The van der Waals surface area contributed by atoms with Crippen LogP contribution >= 0.6 is 15.9 Å². The predicted molar refractivity (Wildman–Crippen MR) is 81.9 cm³/mol. The molecular weight excluding hydrogens is 339 g/mol. The number of hydrogen-bond donors (Lipinski definition) is 0. The number of aryl methyl sites for hydroxylation is 1. The molecule has 2 rings (SSSR count). The molecule has 0 bridgehead atoms. The van der Waals surface area contributed by atoms with Crippen molar-refractivity contribution in [2.45, 2.75) is 11.8 Å². The van der Waals surface area contributed by atoms with Gasteiger partial charge in [0.05, 0.1) is 11.9 Å². The Bertz CT molecular complexity index is 617. The van der Waals surface area contributed by atoms with E-state index in [1.165, 1.54) is 6.07 Å². The molecule has 3 nitrogen and oxygen atoms in total. The smallest absolute Gasteiger partial charge is 0.138 e. The summed E-state index contributed by atoms with van der Waals surface area (Å²) in [5.41, 5.74) is 0.972. The molecule has 0 aliphatic heterocycles. The average molecular weight is 353 g/mol. The Balaban J connectivity index is 2.26. The highest BCUT2D eigenvalue weighted by atomic mass is 79.9. The van der Waals surface area contributed by atoms with Crippen molar-refractivity contribution in [3.63, 3.8) is 0 Å². The molecule has 0 saturated heterocycles. The maximum atomic E-state index is 14.1. The Hall–Kier alpha value is -1.88. The molecular formula is C16H14BrFO3. The zero-order valence-electron chi connectivity index (χ0n) is 11.6. The topological polar surface area (TPSA) is 35.5 Å². The first-order valence-corrected chi connectivity index (χ1v) is 7.18. The molecule has 0 saturated carbocycles. The lowest BCUT2D eigenvalue weighted by molar-refractivity contribution is -0.107. The van der Waals surface area contributed by atoms with E-state index in [1.807, 2.05) is 0 Å². The molecule has 0 spiro atoms. The van der Waals surface area contributed by atoms with E-state index in [4.69, 9.17) is 9.47 Å². The number of carbonyl (C=O) groups is 1. The molecule has 0 fully saturated rings. The van der Waals surface area contributed by atoms with Crippen molar-refractivity contribution >= 4 is 22.2 Å². The van der Waals surface area contributed by atoms with Crippen LogP contribution in [0.25, 0.3) is 0 Å². The van der Waals surface area contributed by atoms with Crippen LogP contribution in [0.15, 0.2) is 36.4 Å². The van der Waals surface area contributed by atoms with Crippen molar-refractivity contribution in [3.05, 3.63) is 53.3 Å². The molecule has 21 heavy (non-hydrogen) atoms. The van der Waals surface area contributed by atoms with Crippen molar-refractivity contribution < 1.29 is 18.7 Å². The van der Waals surface area contributed by atoms with Gasteiger partial charge in [0, 0.05) is 11.6 Å². The van der Waals surface area contributed by atoms with Crippen molar-refractivity contribution in [2.75, 3.05) is 7.11 Å². The molecule has 0 radical (unpaired) electrons. The van der Waals surface area contributed by atoms with Crippen LogP contribution in [-0.2, 0) is 4.79 Å². The number of aldehydes is 1.